The Morgan fingerprint density at radius 1 is 0.564 bits per heavy atom. The standard InChI is InChI=1S/C37H29N2/c1-26-31-20-11-12-23-34(31)39(36(26)35-24-29-18-9-10-19-30(29)25-38(35)2)37-32(27-14-5-3-6-15-27)21-13-22-33(37)28-16-7-4-8-17-28/h3-25H,1-2H3/q+1. The number of fused-ring (bicyclic) bond motifs is 2. The van der Waals surface area contributed by atoms with Crippen molar-refractivity contribution in [1.29, 1.82) is 0 Å². The molecule has 0 aliphatic rings. The van der Waals surface area contributed by atoms with Crippen LogP contribution in [0, 0.1) is 6.92 Å². The van der Waals surface area contributed by atoms with Crippen LogP contribution in [0.25, 0.3) is 61.0 Å². The van der Waals surface area contributed by atoms with Crippen LogP contribution in [0.15, 0.2) is 140 Å². The van der Waals surface area contributed by atoms with Crippen LogP contribution in [0.2, 0.25) is 0 Å². The molecule has 0 aliphatic carbocycles. The summed E-state index contributed by atoms with van der Waals surface area (Å²) in [6.45, 7) is 2.26. The highest BCUT2D eigenvalue weighted by atomic mass is 15.0. The number of para-hydroxylation sites is 2. The fourth-order valence-corrected chi connectivity index (χ4v) is 5.95. The third-order valence-electron chi connectivity index (χ3n) is 7.80. The van der Waals surface area contributed by atoms with Crippen molar-refractivity contribution >= 4 is 21.7 Å². The molecule has 0 aliphatic heterocycles. The number of hydrogen-bond acceptors (Lipinski definition) is 0. The van der Waals surface area contributed by atoms with Gasteiger partial charge in [-0.1, -0.05) is 115 Å². The summed E-state index contributed by atoms with van der Waals surface area (Å²) < 4.78 is 4.77. The van der Waals surface area contributed by atoms with Gasteiger partial charge in [-0.15, -0.1) is 0 Å². The highest BCUT2D eigenvalue weighted by molar-refractivity contribution is 5.98. The van der Waals surface area contributed by atoms with E-state index in [1.165, 1.54) is 66.6 Å². The molecule has 0 spiro atoms. The van der Waals surface area contributed by atoms with Gasteiger partial charge in [-0.25, -0.2) is 0 Å². The molecule has 0 unspecified atom stereocenters. The molecule has 0 radical (unpaired) electrons. The Bertz CT molecular complexity index is 1910. The van der Waals surface area contributed by atoms with Crippen LogP contribution in [0.3, 0.4) is 0 Å². The predicted molar refractivity (Wildman–Crippen MR) is 163 cm³/mol. The van der Waals surface area contributed by atoms with Crippen molar-refractivity contribution in [2.75, 3.05) is 0 Å². The molecule has 7 aromatic rings. The monoisotopic (exact) mass is 501 g/mol. The molecule has 0 bridgehead atoms. The van der Waals surface area contributed by atoms with Gasteiger partial charge in [-0.2, -0.15) is 4.57 Å². The van der Waals surface area contributed by atoms with Gasteiger partial charge in [0.2, 0.25) is 5.69 Å². The van der Waals surface area contributed by atoms with Gasteiger partial charge in [0.1, 0.15) is 12.7 Å². The summed E-state index contributed by atoms with van der Waals surface area (Å²) in [7, 11) is 2.16. The van der Waals surface area contributed by atoms with Crippen molar-refractivity contribution in [2.45, 2.75) is 6.92 Å². The lowest BCUT2D eigenvalue weighted by Crippen LogP contribution is -2.31. The van der Waals surface area contributed by atoms with Gasteiger partial charge in [-0.3, -0.25) is 0 Å². The van der Waals surface area contributed by atoms with E-state index in [0.717, 1.165) is 0 Å². The minimum absolute atomic E-state index is 1.18. The SMILES string of the molecule is Cc1c(-c2cc3ccccc3c[n+]2C)n(-c2c(-c3ccccc3)cccc2-c2ccccc2)c2ccccc12. The van der Waals surface area contributed by atoms with Crippen molar-refractivity contribution in [3.05, 3.63) is 145 Å². The summed E-state index contributed by atoms with van der Waals surface area (Å²) >= 11 is 0. The minimum atomic E-state index is 1.18. The normalized spacial score (nSPS) is 11.3. The van der Waals surface area contributed by atoms with Crippen LogP contribution in [-0.4, -0.2) is 4.57 Å². The number of pyridine rings is 1. The van der Waals surface area contributed by atoms with Crippen LogP contribution in [0.1, 0.15) is 5.56 Å². The second-order valence-corrected chi connectivity index (χ2v) is 10.2. The molecule has 0 amide bonds. The van der Waals surface area contributed by atoms with Crippen molar-refractivity contribution in [3.63, 3.8) is 0 Å². The third-order valence-corrected chi connectivity index (χ3v) is 7.80. The molecular weight excluding hydrogens is 472 g/mol. The van der Waals surface area contributed by atoms with Crippen LogP contribution in [0.4, 0.5) is 0 Å². The molecule has 0 atom stereocenters. The van der Waals surface area contributed by atoms with Gasteiger partial charge in [-0.05, 0) is 41.1 Å². The molecule has 0 saturated heterocycles. The van der Waals surface area contributed by atoms with Crippen LogP contribution in [0.5, 0.6) is 0 Å². The van der Waals surface area contributed by atoms with E-state index in [4.69, 9.17) is 0 Å². The highest BCUT2D eigenvalue weighted by Gasteiger charge is 2.26. The number of nitrogens with zero attached hydrogens (tertiary/aromatic N) is 2. The van der Waals surface area contributed by atoms with Gasteiger partial charge in [0, 0.05) is 28.0 Å². The summed E-state index contributed by atoms with van der Waals surface area (Å²) in [5.41, 5.74) is 10.9. The van der Waals surface area contributed by atoms with E-state index >= 15 is 0 Å². The first kappa shape index (κ1) is 23.2. The Morgan fingerprint density at radius 2 is 1.13 bits per heavy atom. The van der Waals surface area contributed by atoms with E-state index in [0.29, 0.717) is 0 Å². The maximum atomic E-state index is 2.50. The molecule has 2 aromatic heterocycles. The second-order valence-electron chi connectivity index (χ2n) is 10.2. The largest absolute Gasteiger partial charge is 0.303 e. The molecule has 2 nitrogen and oxygen atoms in total. The lowest BCUT2D eigenvalue weighted by Gasteiger charge is -2.20. The maximum Gasteiger partial charge on any atom is 0.230 e. The molecule has 2 heterocycles. The van der Waals surface area contributed by atoms with Crippen molar-refractivity contribution < 1.29 is 4.57 Å². The maximum absolute atomic E-state index is 2.50. The van der Waals surface area contributed by atoms with Crippen molar-refractivity contribution in [3.8, 4) is 39.3 Å². The summed E-state index contributed by atoms with van der Waals surface area (Å²) in [5, 5.41) is 3.74. The van der Waals surface area contributed by atoms with Gasteiger partial charge in [0.05, 0.1) is 11.2 Å². The molecule has 186 valence electrons. The van der Waals surface area contributed by atoms with Crippen LogP contribution in [-0.2, 0) is 7.05 Å². The highest BCUT2D eigenvalue weighted by Crippen LogP contribution is 2.42. The van der Waals surface area contributed by atoms with E-state index < -0.39 is 0 Å². The quantitative estimate of drug-likeness (QED) is 0.213. The molecule has 5 aromatic carbocycles. The summed E-state index contributed by atoms with van der Waals surface area (Å²) in [6.07, 6.45) is 2.24. The first-order chi connectivity index (χ1) is 19.2. The first-order valence-corrected chi connectivity index (χ1v) is 13.4. The van der Waals surface area contributed by atoms with Crippen molar-refractivity contribution in [2.24, 2.45) is 7.05 Å². The lowest BCUT2D eigenvalue weighted by atomic mass is 9.95. The molecule has 0 N–H and O–H groups in total. The first-order valence-electron chi connectivity index (χ1n) is 13.4. The van der Waals surface area contributed by atoms with E-state index in [2.05, 4.69) is 163 Å². The Balaban J connectivity index is 1.66. The zero-order chi connectivity index (χ0) is 26.3. The molecule has 39 heavy (non-hydrogen) atoms. The fourth-order valence-electron chi connectivity index (χ4n) is 5.95. The molecule has 0 fully saturated rings. The van der Waals surface area contributed by atoms with E-state index in [-0.39, 0.29) is 0 Å². The number of rotatable bonds is 4. The number of benzene rings is 5. The van der Waals surface area contributed by atoms with E-state index in [1.807, 2.05) is 0 Å². The van der Waals surface area contributed by atoms with Crippen molar-refractivity contribution in [1.82, 2.24) is 4.57 Å². The Morgan fingerprint density at radius 3 is 1.79 bits per heavy atom. The summed E-state index contributed by atoms with van der Waals surface area (Å²) in [4.78, 5) is 0. The van der Waals surface area contributed by atoms with Gasteiger partial charge in [0.15, 0.2) is 6.20 Å². The zero-order valence-electron chi connectivity index (χ0n) is 22.2. The zero-order valence-corrected chi connectivity index (χ0v) is 22.2. The van der Waals surface area contributed by atoms with Gasteiger partial charge >= 0.3 is 0 Å². The van der Waals surface area contributed by atoms with Crippen LogP contribution >= 0.6 is 0 Å². The Labute approximate surface area is 229 Å². The topological polar surface area (TPSA) is 8.81 Å². The fraction of sp³-hybridized carbons (Fsp3) is 0.0541. The van der Waals surface area contributed by atoms with Gasteiger partial charge < -0.3 is 4.57 Å². The predicted octanol–water partition coefficient (Wildman–Crippen LogP) is 8.92. The lowest BCUT2D eigenvalue weighted by molar-refractivity contribution is -0.659. The average Bonchev–Trinajstić information content (AvgIpc) is 3.29. The third kappa shape index (κ3) is 3.84. The number of aryl methyl sites for hydroxylation is 2. The Hall–Kier alpha value is -4.95. The average molecular weight is 502 g/mol. The molecule has 7 rings (SSSR count). The molecule has 2 heteroatoms. The van der Waals surface area contributed by atoms with Crippen LogP contribution < -0.4 is 4.57 Å². The van der Waals surface area contributed by atoms with E-state index in [9.17, 15) is 0 Å². The molecular formula is C37H29N2+. The molecule has 0 saturated carbocycles. The minimum Gasteiger partial charge on any atom is -0.303 e. The Kier molecular flexibility index (Phi) is 5.60. The smallest absolute Gasteiger partial charge is 0.230 e. The summed E-state index contributed by atoms with van der Waals surface area (Å²) in [6, 6.07) is 47.9. The van der Waals surface area contributed by atoms with E-state index in [1.54, 1.807) is 0 Å². The number of aromatic nitrogens is 2. The number of hydrogen-bond donors (Lipinski definition) is 0. The van der Waals surface area contributed by atoms with Gasteiger partial charge in [0.25, 0.3) is 0 Å². The second kappa shape index (κ2) is 9.41. The summed E-state index contributed by atoms with van der Waals surface area (Å²) in [5.74, 6) is 0.